The van der Waals surface area contributed by atoms with E-state index in [4.69, 9.17) is 15.2 Å². The van der Waals surface area contributed by atoms with E-state index in [2.05, 4.69) is 0 Å². The molecule has 1 aliphatic rings. The normalized spacial score (nSPS) is 22.1. The predicted octanol–water partition coefficient (Wildman–Crippen LogP) is 2.01. The number of nitrogens with two attached hydrogens (primary N) is 1. The molecule has 1 unspecified atom stereocenters. The first-order chi connectivity index (χ1) is 7.68. The van der Waals surface area contributed by atoms with Gasteiger partial charge >= 0.3 is 0 Å². The van der Waals surface area contributed by atoms with Crippen LogP contribution in [0.15, 0.2) is 18.2 Å². The lowest BCUT2D eigenvalue weighted by atomic mass is 10.1. The molecular formula is C12H16FNO2. The summed E-state index contributed by atoms with van der Waals surface area (Å²) in [4.78, 5) is 0. The maximum Gasteiger partial charge on any atom is 0.165 e. The first kappa shape index (κ1) is 11.4. The molecule has 0 amide bonds. The van der Waals surface area contributed by atoms with Crippen LogP contribution in [0.4, 0.5) is 4.39 Å². The van der Waals surface area contributed by atoms with Gasteiger partial charge in [-0.05, 0) is 13.0 Å². The second-order valence-electron chi connectivity index (χ2n) is 4.05. The number of hydrogen-bond donors (Lipinski definition) is 1. The van der Waals surface area contributed by atoms with Crippen molar-refractivity contribution in [3.63, 3.8) is 0 Å². The Morgan fingerprint density at radius 2 is 2.38 bits per heavy atom. The molecule has 3 nitrogen and oxygen atoms in total. The minimum atomic E-state index is -0.360. The zero-order chi connectivity index (χ0) is 11.5. The molecule has 88 valence electrons. The van der Waals surface area contributed by atoms with Crippen LogP contribution in [0.3, 0.4) is 0 Å². The molecule has 0 aromatic heterocycles. The molecular weight excluding hydrogens is 209 g/mol. The van der Waals surface area contributed by atoms with E-state index in [1.54, 1.807) is 12.1 Å². The van der Waals surface area contributed by atoms with Crippen LogP contribution in [0.5, 0.6) is 5.75 Å². The molecule has 0 spiro atoms. The Morgan fingerprint density at radius 1 is 1.56 bits per heavy atom. The minimum absolute atomic E-state index is 0.0607. The third-order valence-corrected chi connectivity index (χ3v) is 2.66. The lowest BCUT2D eigenvalue weighted by Gasteiger charge is -2.17. The molecule has 1 aliphatic heterocycles. The van der Waals surface area contributed by atoms with Crippen molar-refractivity contribution in [1.82, 2.24) is 0 Å². The summed E-state index contributed by atoms with van der Waals surface area (Å²) < 4.78 is 24.5. The van der Waals surface area contributed by atoms with E-state index >= 15 is 0 Å². The van der Waals surface area contributed by atoms with Crippen molar-refractivity contribution < 1.29 is 13.9 Å². The van der Waals surface area contributed by atoms with Gasteiger partial charge in [-0.2, -0.15) is 0 Å². The van der Waals surface area contributed by atoms with E-state index < -0.39 is 0 Å². The molecule has 1 aromatic rings. The first-order valence-corrected chi connectivity index (χ1v) is 5.47. The Labute approximate surface area is 94.3 Å². The van der Waals surface area contributed by atoms with E-state index in [1.807, 2.05) is 6.92 Å². The van der Waals surface area contributed by atoms with Crippen molar-refractivity contribution in [2.24, 2.45) is 5.73 Å². The molecule has 1 aromatic carbocycles. The average Bonchev–Trinajstić information content (AvgIpc) is 2.73. The summed E-state index contributed by atoms with van der Waals surface area (Å²) in [6, 6.07) is 4.58. The van der Waals surface area contributed by atoms with Crippen LogP contribution < -0.4 is 10.5 Å². The number of ether oxygens (including phenoxy) is 2. The second kappa shape index (κ2) is 4.80. The third-order valence-electron chi connectivity index (χ3n) is 2.66. The summed E-state index contributed by atoms with van der Waals surface area (Å²) in [7, 11) is 0. The van der Waals surface area contributed by atoms with Crippen LogP contribution >= 0.6 is 0 Å². The van der Waals surface area contributed by atoms with Crippen LogP contribution in [0.1, 0.15) is 24.9 Å². The molecule has 0 saturated carbocycles. The van der Waals surface area contributed by atoms with Gasteiger partial charge in [0, 0.05) is 18.0 Å². The quantitative estimate of drug-likeness (QED) is 0.855. The Bertz CT molecular complexity index is 362. The van der Waals surface area contributed by atoms with Crippen molar-refractivity contribution in [1.29, 1.82) is 0 Å². The van der Waals surface area contributed by atoms with E-state index in [0.717, 1.165) is 6.42 Å². The number of para-hydroxylation sites is 1. The van der Waals surface area contributed by atoms with Crippen LogP contribution in [-0.4, -0.2) is 19.3 Å². The molecule has 1 heterocycles. The number of hydrogen-bond acceptors (Lipinski definition) is 3. The highest BCUT2D eigenvalue weighted by molar-refractivity contribution is 5.37. The largest absolute Gasteiger partial charge is 0.485 e. The van der Waals surface area contributed by atoms with Gasteiger partial charge in [-0.25, -0.2) is 4.39 Å². The molecule has 2 rings (SSSR count). The van der Waals surface area contributed by atoms with Gasteiger partial charge in [0.25, 0.3) is 0 Å². The molecule has 0 aliphatic carbocycles. The van der Waals surface area contributed by atoms with Crippen molar-refractivity contribution in [2.75, 3.05) is 13.2 Å². The fourth-order valence-corrected chi connectivity index (χ4v) is 1.78. The molecule has 4 heteroatoms. The molecule has 1 saturated heterocycles. The maximum absolute atomic E-state index is 13.6. The Balaban J connectivity index is 2.23. The van der Waals surface area contributed by atoms with Gasteiger partial charge in [0.1, 0.15) is 6.10 Å². The monoisotopic (exact) mass is 225 g/mol. The van der Waals surface area contributed by atoms with Crippen LogP contribution in [0.2, 0.25) is 0 Å². The number of halogens is 1. The molecule has 0 radical (unpaired) electrons. The van der Waals surface area contributed by atoms with Crippen molar-refractivity contribution >= 4 is 0 Å². The predicted molar refractivity (Wildman–Crippen MR) is 58.9 cm³/mol. The van der Waals surface area contributed by atoms with Gasteiger partial charge in [-0.1, -0.05) is 12.1 Å². The zero-order valence-corrected chi connectivity index (χ0v) is 9.28. The Kier molecular flexibility index (Phi) is 3.41. The Hall–Kier alpha value is -1.13. The van der Waals surface area contributed by atoms with Gasteiger partial charge in [-0.15, -0.1) is 0 Å². The van der Waals surface area contributed by atoms with Crippen molar-refractivity contribution in [3.8, 4) is 5.75 Å². The summed E-state index contributed by atoms with van der Waals surface area (Å²) in [5.41, 5.74) is 6.48. The third kappa shape index (κ3) is 2.33. The van der Waals surface area contributed by atoms with Gasteiger partial charge in [-0.3, -0.25) is 0 Å². The van der Waals surface area contributed by atoms with Crippen molar-refractivity contribution in [3.05, 3.63) is 29.6 Å². The van der Waals surface area contributed by atoms with E-state index in [1.165, 1.54) is 6.07 Å². The number of benzene rings is 1. The van der Waals surface area contributed by atoms with Crippen LogP contribution in [0.25, 0.3) is 0 Å². The summed E-state index contributed by atoms with van der Waals surface area (Å²) in [6.07, 6.45) is 0.738. The number of rotatable bonds is 3. The minimum Gasteiger partial charge on any atom is -0.485 e. The van der Waals surface area contributed by atoms with E-state index in [-0.39, 0.29) is 23.7 Å². The summed E-state index contributed by atoms with van der Waals surface area (Å²) in [5.74, 6) is -0.0882. The van der Waals surface area contributed by atoms with E-state index in [0.29, 0.717) is 18.8 Å². The smallest absolute Gasteiger partial charge is 0.165 e. The fraction of sp³-hybridized carbons (Fsp3) is 0.500. The van der Waals surface area contributed by atoms with Gasteiger partial charge in [0.05, 0.1) is 13.2 Å². The van der Waals surface area contributed by atoms with E-state index in [9.17, 15) is 4.39 Å². The summed E-state index contributed by atoms with van der Waals surface area (Å²) in [5, 5.41) is 0. The van der Waals surface area contributed by atoms with Gasteiger partial charge in [0.15, 0.2) is 11.6 Å². The Morgan fingerprint density at radius 3 is 3.00 bits per heavy atom. The fourth-order valence-electron chi connectivity index (χ4n) is 1.78. The standard InChI is InChI=1S/C12H16FNO2/c1-8(14)10-3-2-4-11(13)12(10)16-9-5-6-15-7-9/h2-4,8-9H,5-7,14H2,1H3/t8-,9?/m0/s1. The molecule has 16 heavy (non-hydrogen) atoms. The highest BCUT2D eigenvalue weighted by Gasteiger charge is 2.21. The molecule has 2 atom stereocenters. The van der Waals surface area contributed by atoms with Crippen LogP contribution in [-0.2, 0) is 4.74 Å². The highest BCUT2D eigenvalue weighted by atomic mass is 19.1. The molecule has 0 bridgehead atoms. The topological polar surface area (TPSA) is 44.5 Å². The zero-order valence-electron chi connectivity index (χ0n) is 9.28. The van der Waals surface area contributed by atoms with Gasteiger partial charge in [0.2, 0.25) is 0 Å². The summed E-state index contributed by atoms with van der Waals surface area (Å²) >= 11 is 0. The average molecular weight is 225 g/mol. The van der Waals surface area contributed by atoms with Crippen LogP contribution in [0, 0.1) is 5.82 Å². The summed E-state index contributed by atoms with van der Waals surface area (Å²) in [6.45, 7) is 3.01. The van der Waals surface area contributed by atoms with Crippen molar-refractivity contribution in [2.45, 2.75) is 25.5 Å². The lowest BCUT2D eigenvalue weighted by molar-refractivity contribution is 0.137. The maximum atomic E-state index is 13.6. The second-order valence-corrected chi connectivity index (χ2v) is 4.05. The first-order valence-electron chi connectivity index (χ1n) is 5.47. The SMILES string of the molecule is C[C@H](N)c1cccc(F)c1OC1CCOC1. The molecule has 2 N–H and O–H groups in total. The molecule has 1 fully saturated rings. The van der Waals surface area contributed by atoms with Gasteiger partial charge < -0.3 is 15.2 Å². The lowest BCUT2D eigenvalue weighted by Crippen LogP contribution is -2.19. The highest BCUT2D eigenvalue weighted by Crippen LogP contribution is 2.29.